The number of anilines is 2. The van der Waals surface area contributed by atoms with Crippen LogP contribution < -0.4 is 15.4 Å². The van der Waals surface area contributed by atoms with Crippen molar-refractivity contribution in [2.45, 2.75) is 0 Å². The highest BCUT2D eigenvalue weighted by Gasteiger charge is 2.17. The van der Waals surface area contributed by atoms with Crippen molar-refractivity contribution in [3.8, 4) is 5.75 Å². The largest absolute Gasteiger partial charge is 0.494 e. The Balaban J connectivity index is 2.08. The van der Waals surface area contributed by atoms with Crippen LogP contribution in [0.25, 0.3) is 10.4 Å². The van der Waals surface area contributed by atoms with Crippen LogP contribution in [0.4, 0.5) is 17.1 Å². The molecule has 3 heterocycles. The first-order valence-electron chi connectivity index (χ1n) is 8.40. The molecule has 9 heteroatoms. The number of fused-ring (bicyclic) bond motifs is 1. The van der Waals surface area contributed by atoms with Crippen molar-refractivity contribution in [2.75, 3.05) is 19.4 Å². The Morgan fingerprint density at radius 1 is 1.48 bits per heavy atom. The molecule has 0 spiro atoms. The number of nitrogens with zero attached hydrogens (tertiary/aromatic N) is 4. The van der Waals surface area contributed by atoms with Gasteiger partial charge in [0.05, 0.1) is 36.8 Å². The molecule has 0 atom stereocenters. The highest BCUT2D eigenvalue weighted by atomic mass is 35.5. The van der Waals surface area contributed by atoms with Crippen molar-refractivity contribution in [3.63, 3.8) is 0 Å². The molecule has 3 aromatic heterocycles. The molecule has 8 nitrogen and oxygen atoms in total. The molecule has 0 aromatic carbocycles. The Kier molecular flexibility index (Phi) is 3.48. The summed E-state index contributed by atoms with van der Waals surface area (Å²) in [4.78, 5) is 19.6. The van der Waals surface area contributed by atoms with Crippen LogP contribution in [0.1, 0.15) is 14.5 Å². The van der Waals surface area contributed by atoms with Gasteiger partial charge in [-0.3, -0.25) is 4.79 Å². The highest BCUT2D eigenvalue weighted by Crippen LogP contribution is 2.37. The molecule has 3 rings (SSSR count). The summed E-state index contributed by atoms with van der Waals surface area (Å²) >= 11 is 5.94. The summed E-state index contributed by atoms with van der Waals surface area (Å²) in [5.74, 6) is -0.529. The number of carbonyl (C=O) groups excluding carboxylic acids is 1. The molecule has 1 amide bonds. The van der Waals surface area contributed by atoms with Crippen molar-refractivity contribution in [1.82, 2.24) is 19.9 Å². The van der Waals surface area contributed by atoms with Crippen molar-refractivity contribution in [1.29, 1.82) is 0 Å². The predicted octanol–water partition coefficient (Wildman–Crippen LogP) is 3.05. The molecule has 3 aromatic rings. The van der Waals surface area contributed by atoms with Crippen molar-refractivity contribution < 1.29 is 13.6 Å². The number of carbonyl (C=O) groups is 1. The van der Waals surface area contributed by atoms with Gasteiger partial charge >= 0.3 is 0 Å². The second-order valence-electron chi connectivity index (χ2n) is 4.83. The van der Waals surface area contributed by atoms with Gasteiger partial charge in [-0.1, -0.05) is 11.6 Å². The molecular formula is C16H13ClN6O2. The van der Waals surface area contributed by atoms with E-state index in [1.165, 1.54) is 30.1 Å². The number of pyridine rings is 2. The van der Waals surface area contributed by atoms with E-state index in [9.17, 15) is 4.79 Å². The first kappa shape index (κ1) is 13.0. The first-order valence-corrected chi connectivity index (χ1v) is 7.28. The van der Waals surface area contributed by atoms with E-state index < -0.39 is 12.9 Å². The molecule has 2 N–H and O–H groups in total. The summed E-state index contributed by atoms with van der Waals surface area (Å²) in [7, 11) is 1.43. The normalized spacial score (nSPS) is 12.6. The number of hydrogen-bond acceptors (Lipinski definition) is 5. The van der Waals surface area contributed by atoms with Crippen LogP contribution in [0.5, 0.6) is 5.75 Å². The van der Waals surface area contributed by atoms with Crippen LogP contribution in [0.2, 0.25) is 5.15 Å². The van der Waals surface area contributed by atoms with Gasteiger partial charge in [0.2, 0.25) is 5.69 Å². The Hall–Kier alpha value is -3.31. The number of methoxy groups -OCH3 is 1. The van der Waals surface area contributed by atoms with E-state index in [-0.39, 0.29) is 22.1 Å². The number of rotatable bonds is 4. The van der Waals surface area contributed by atoms with E-state index >= 15 is 0 Å². The minimum atomic E-state index is -2.66. The van der Waals surface area contributed by atoms with Gasteiger partial charge in [0.15, 0.2) is 5.75 Å². The van der Waals surface area contributed by atoms with Gasteiger partial charge in [-0.25, -0.2) is 14.3 Å². The highest BCUT2D eigenvalue weighted by molar-refractivity contribution is 6.29. The molecule has 0 radical (unpaired) electrons. The third-order valence-electron chi connectivity index (χ3n) is 3.44. The second kappa shape index (κ2) is 6.67. The van der Waals surface area contributed by atoms with Crippen molar-refractivity contribution in [2.24, 2.45) is 0 Å². The molecule has 0 aliphatic heterocycles. The van der Waals surface area contributed by atoms with Crippen LogP contribution in [-0.4, -0.2) is 34.6 Å². The van der Waals surface area contributed by atoms with Gasteiger partial charge in [0.1, 0.15) is 10.7 Å². The lowest BCUT2D eigenvalue weighted by atomic mass is 10.2. The van der Waals surface area contributed by atoms with Crippen LogP contribution in [-0.2, 0) is 0 Å². The Morgan fingerprint density at radius 3 is 3.04 bits per heavy atom. The third kappa shape index (κ3) is 2.93. The number of halogens is 1. The maximum Gasteiger partial charge on any atom is 0.254 e. The van der Waals surface area contributed by atoms with E-state index in [2.05, 4.69) is 20.2 Å². The summed E-state index contributed by atoms with van der Waals surface area (Å²) in [6, 6.07) is 3.01. The lowest BCUT2D eigenvalue weighted by Crippen LogP contribution is -2.19. The SMILES string of the molecule is [2H]C([2H])([2H])NC(=O)c1cnc(Cl)cc1Nc1ccn2ncc([N+]#[C-])c2c1OC. The third-order valence-corrected chi connectivity index (χ3v) is 3.65. The van der Waals surface area contributed by atoms with Crippen LogP contribution >= 0.6 is 11.6 Å². The van der Waals surface area contributed by atoms with Gasteiger partial charge in [-0.2, -0.15) is 5.10 Å². The minimum absolute atomic E-state index is 0.0265. The molecular weight excluding hydrogens is 344 g/mol. The molecule has 0 saturated carbocycles. The fourth-order valence-electron chi connectivity index (χ4n) is 2.35. The summed E-state index contributed by atoms with van der Waals surface area (Å²) in [5, 5.41) is 9.08. The minimum Gasteiger partial charge on any atom is -0.494 e. The molecule has 0 aliphatic carbocycles. The zero-order valence-corrected chi connectivity index (χ0v) is 13.6. The number of nitrogens with one attached hydrogen (secondary N) is 2. The molecule has 126 valence electrons. The van der Waals surface area contributed by atoms with E-state index in [0.717, 1.165) is 0 Å². The molecule has 0 unspecified atom stereocenters. The number of ether oxygens (including phenoxy) is 1. The average Bonchev–Trinajstić information content (AvgIpc) is 3.03. The van der Waals surface area contributed by atoms with Crippen LogP contribution in [0.15, 0.2) is 30.7 Å². The predicted molar refractivity (Wildman–Crippen MR) is 93.9 cm³/mol. The standard InChI is InChI=1S/C16H13ClN6O2/c1-18-12-8-21-23-5-4-10(15(25-3)14(12)23)22-11-6-13(17)20-7-9(11)16(24)19-2/h4-8H,2-3H3,(H,19,24)(H,20,22)/i2D3. The fourth-order valence-corrected chi connectivity index (χ4v) is 2.51. The fraction of sp³-hybridized carbons (Fsp3) is 0.125. The summed E-state index contributed by atoms with van der Waals surface area (Å²) in [5.41, 5.74) is 1.34. The molecule has 0 saturated heterocycles. The number of amides is 1. The van der Waals surface area contributed by atoms with Crippen molar-refractivity contribution in [3.05, 3.63) is 52.9 Å². The molecule has 25 heavy (non-hydrogen) atoms. The number of aromatic nitrogens is 3. The Labute approximate surface area is 152 Å². The van der Waals surface area contributed by atoms with E-state index in [1.54, 1.807) is 12.3 Å². The van der Waals surface area contributed by atoms with Gasteiger partial charge < -0.3 is 15.4 Å². The molecule has 0 bridgehead atoms. The van der Waals surface area contributed by atoms with Crippen LogP contribution in [0.3, 0.4) is 0 Å². The maximum absolute atomic E-state index is 12.3. The zero-order chi connectivity index (χ0) is 20.5. The summed E-state index contributed by atoms with van der Waals surface area (Å²) < 4.78 is 28.5. The second-order valence-corrected chi connectivity index (χ2v) is 5.22. The van der Waals surface area contributed by atoms with Gasteiger partial charge in [-0.15, -0.1) is 0 Å². The smallest absolute Gasteiger partial charge is 0.254 e. The molecule has 0 fully saturated rings. The zero-order valence-electron chi connectivity index (χ0n) is 15.9. The van der Waals surface area contributed by atoms with E-state index in [0.29, 0.717) is 17.0 Å². The summed E-state index contributed by atoms with van der Waals surface area (Å²) in [6.07, 6.45) is 4.19. The van der Waals surface area contributed by atoms with Crippen LogP contribution in [0, 0.1) is 6.57 Å². The van der Waals surface area contributed by atoms with Gasteiger partial charge in [-0.05, 0) is 12.1 Å². The van der Waals surface area contributed by atoms with Crippen molar-refractivity contribution >= 4 is 40.1 Å². The van der Waals surface area contributed by atoms with E-state index in [1.807, 2.05) is 5.32 Å². The Morgan fingerprint density at radius 2 is 2.32 bits per heavy atom. The topological polar surface area (TPSA) is 84.9 Å². The lowest BCUT2D eigenvalue weighted by Gasteiger charge is -2.15. The number of hydrogen-bond donors (Lipinski definition) is 2. The maximum atomic E-state index is 12.3. The monoisotopic (exact) mass is 359 g/mol. The van der Waals surface area contributed by atoms with Gasteiger partial charge in [0.25, 0.3) is 5.91 Å². The van der Waals surface area contributed by atoms with Gasteiger partial charge in [0, 0.05) is 23.5 Å². The first-order chi connectivity index (χ1) is 13.2. The quantitative estimate of drug-likeness (QED) is 0.552. The lowest BCUT2D eigenvalue weighted by molar-refractivity contribution is 0.0963. The molecule has 0 aliphatic rings. The Bertz CT molecular complexity index is 1110. The summed E-state index contributed by atoms with van der Waals surface area (Å²) in [6.45, 7) is 4.61. The van der Waals surface area contributed by atoms with E-state index in [4.69, 9.17) is 27.0 Å². The average molecular weight is 360 g/mol.